The molecule has 0 aliphatic heterocycles. The van der Waals surface area contributed by atoms with Crippen molar-refractivity contribution in [2.75, 3.05) is 0 Å². The highest BCUT2D eigenvalue weighted by Crippen LogP contribution is 2.26. The van der Waals surface area contributed by atoms with E-state index in [1.807, 2.05) is 0 Å². The van der Waals surface area contributed by atoms with Crippen LogP contribution in [0.5, 0.6) is 0 Å². The number of nitrogens with one attached hydrogen (secondary N) is 1. The van der Waals surface area contributed by atoms with Gasteiger partial charge in [-0.1, -0.05) is 166 Å². The second kappa shape index (κ2) is 23.3. The molecule has 0 bridgehead atoms. The SMILES string of the molecule is CCCCCCCCCCCC[C@H](CCCCCCCCCCC)c1[nH]cc[n+]1CCCc1ccccc1. The van der Waals surface area contributed by atoms with Crippen LogP contribution in [0.1, 0.15) is 172 Å². The Hall–Kier alpha value is -1.57. The lowest BCUT2D eigenvalue weighted by Crippen LogP contribution is -2.37. The van der Waals surface area contributed by atoms with Crippen molar-refractivity contribution in [3.05, 3.63) is 54.1 Å². The molecule has 216 valence electrons. The van der Waals surface area contributed by atoms with Gasteiger partial charge in [0.2, 0.25) is 0 Å². The first-order chi connectivity index (χ1) is 18.8. The monoisotopic (exact) mass is 523 g/mol. The third-order valence-corrected chi connectivity index (χ3v) is 8.45. The third-order valence-electron chi connectivity index (χ3n) is 8.45. The summed E-state index contributed by atoms with van der Waals surface area (Å²) in [6.07, 6.45) is 36.6. The number of rotatable bonds is 26. The van der Waals surface area contributed by atoms with Crippen molar-refractivity contribution < 1.29 is 4.57 Å². The maximum atomic E-state index is 3.68. The first-order valence-corrected chi connectivity index (χ1v) is 17.0. The van der Waals surface area contributed by atoms with Crippen LogP contribution >= 0.6 is 0 Å². The quantitative estimate of drug-likeness (QED) is 0.0934. The predicted octanol–water partition coefficient (Wildman–Crippen LogP) is 11.3. The summed E-state index contributed by atoms with van der Waals surface area (Å²) >= 11 is 0. The average molecular weight is 524 g/mol. The Morgan fingerprint density at radius 1 is 0.579 bits per heavy atom. The summed E-state index contributed by atoms with van der Waals surface area (Å²) in [6, 6.07) is 11.0. The number of aryl methyl sites for hydroxylation is 2. The molecule has 0 radical (unpaired) electrons. The first kappa shape index (κ1) is 32.6. The van der Waals surface area contributed by atoms with E-state index >= 15 is 0 Å². The number of hydrogen-bond donors (Lipinski definition) is 1. The molecule has 0 saturated carbocycles. The number of imidazole rings is 1. The molecule has 0 amide bonds. The van der Waals surface area contributed by atoms with Crippen molar-refractivity contribution >= 4 is 0 Å². The molecule has 0 aliphatic carbocycles. The van der Waals surface area contributed by atoms with Crippen LogP contribution in [-0.4, -0.2) is 4.98 Å². The van der Waals surface area contributed by atoms with Gasteiger partial charge in [0.15, 0.2) is 0 Å². The molecule has 2 aromatic rings. The zero-order chi connectivity index (χ0) is 26.9. The van der Waals surface area contributed by atoms with Gasteiger partial charge in [-0.25, -0.2) is 9.55 Å². The molecule has 2 nitrogen and oxygen atoms in total. The smallest absolute Gasteiger partial charge is 0.247 e. The predicted molar refractivity (Wildman–Crippen MR) is 167 cm³/mol. The number of hydrogen-bond acceptors (Lipinski definition) is 0. The Labute approximate surface area is 237 Å². The van der Waals surface area contributed by atoms with E-state index in [1.54, 1.807) is 0 Å². The van der Waals surface area contributed by atoms with Gasteiger partial charge in [-0.05, 0) is 31.2 Å². The van der Waals surface area contributed by atoms with Crippen LogP contribution in [0.25, 0.3) is 0 Å². The molecule has 2 heteroatoms. The fourth-order valence-electron chi connectivity index (χ4n) is 6.02. The maximum absolute atomic E-state index is 3.68. The van der Waals surface area contributed by atoms with E-state index in [-0.39, 0.29) is 0 Å². The molecule has 1 atom stereocenters. The highest BCUT2D eigenvalue weighted by Gasteiger charge is 2.22. The molecule has 1 aromatic carbocycles. The molecule has 1 heterocycles. The summed E-state index contributed by atoms with van der Waals surface area (Å²) in [5, 5.41) is 0. The molecular formula is C36H63N2+. The molecule has 38 heavy (non-hydrogen) atoms. The molecule has 1 aromatic heterocycles. The Bertz CT molecular complexity index is 750. The summed E-state index contributed by atoms with van der Waals surface area (Å²) in [7, 11) is 0. The third kappa shape index (κ3) is 15.7. The highest BCUT2D eigenvalue weighted by molar-refractivity contribution is 5.14. The van der Waals surface area contributed by atoms with E-state index < -0.39 is 0 Å². The van der Waals surface area contributed by atoms with Crippen LogP contribution in [0.3, 0.4) is 0 Å². The van der Waals surface area contributed by atoms with E-state index in [9.17, 15) is 0 Å². The van der Waals surface area contributed by atoms with Gasteiger partial charge in [0.25, 0.3) is 5.82 Å². The molecule has 0 spiro atoms. The zero-order valence-electron chi connectivity index (χ0n) is 25.5. The highest BCUT2D eigenvalue weighted by atomic mass is 15.1. The zero-order valence-corrected chi connectivity index (χ0v) is 25.5. The summed E-state index contributed by atoms with van der Waals surface area (Å²) in [6.45, 7) is 5.74. The molecule has 1 N–H and O–H groups in total. The number of benzene rings is 1. The van der Waals surface area contributed by atoms with E-state index in [1.165, 1.54) is 159 Å². The second-order valence-electron chi connectivity index (χ2n) is 11.9. The number of nitrogens with zero attached hydrogens (tertiary/aromatic N) is 1. The minimum Gasteiger partial charge on any atom is -0.247 e. The van der Waals surface area contributed by atoms with Crippen LogP contribution in [-0.2, 0) is 13.0 Å². The minimum absolute atomic E-state index is 0.695. The van der Waals surface area contributed by atoms with Gasteiger partial charge in [-0.3, -0.25) is 0 Å². The Morgan fingerprint density at radius 3 is 1.55 bits per heavy atom. The van der Waals surface area contributed by atoms with Crippen molar-refractivity contribution in [1.29, 1.82) is 0 Å². The standard InChI is InChI=1S/C36H62N2/c1-3-5-7-9-11-13-15-17-19-24-30-35(29-23-18-16-14-12-10-8-6-4-2)36-37-31-33-38(36)32-25-28-34-26-21-20-22-27-34/h20-22,26-27,31,33,35H,3-19,23-25,28-30,32H2,1-2H3/p+1/t35-/m0/s1. The lowest BCUT2D eigenvalue weighted by molar-refractivity contribution is -0.704. The van der Waals surface area contributed by atoms with Gasteiger partial charge >= 0.3 is 0 Å². The van der Waals surface area contributed by atoms with Crippen molar-refractivity contribution in [2.45, 2.75) is 174 Å². The summed E-state index contributed by atoms with van der Waals surface area (Å²) in [5.74, 6) is 2.19. The van der Waals surface area contributed by atoms with Crippen LogP contribution in [0.2, 0.25) is 0 Å². The van der Waals surface area contributed by atoms with Gasteiger partial charge in [0.05, 0.1) is 12.5 Å². The lowest BCUT2D eigenvalue weighted by atomic mass is 9.93. The largest absolute Gasteiger partial charge is 0.257 e. The molecule has 0 saturated heterocycles. The summed E-state index contributed by atoms with van der Waals surface area (Å²) < 4.78 is 2.54. The van der Waals surface area contributed by atoms with Crippen LogP contribution in [0.15, 0.2) is 42.7 Å². The van der Waals surface area contributed by atoms with E-state index in [0.717, 1.165) is 6.54 Å². The minimum atomic E-state index is 0.695. The number of aromatic amines is 1. The Kier molecular flexibility index (Phi) is 20.0. The normalized spacial score (nSPS) is 12.3. The summed E-state index contributed by atoms with van der Waals surface area (Å²) in [5.41, 5.74) is 1.46. The van der Waals surface area contributed by atoms with Crippen LogP contribution in [0.4, 0.5) is 0 Å². The van der Waals surface area contributed by atoms with Gasteiger partial charge < -0.3 is 0 Å². The number of aromatic nitrogens is 2. The van der Waals surface area contributed by atoms with Crippen LogP contribution < -0.4 is 4.57 Å². The van der Waals surface area contributed by atoms with Crippen LogP contribution in [0, 0.1) is 0 Å². The molecule has 0 fully saturated rings. The van der Waals surface area contributed by atoms with Gasteiger partial charge in [-0.2, -0.15) is 0 Å². The van der Waals surface area contributed by atoms with E-state index in [0.29, 0.717) is 5.92 Å². The molecule has 0 aliphatic rings. The summed E-state index contributed by atoms with van der Waals surface area (Å²) in [4.78, 5) is 3.68. The van der Waals surface area contributed by atoms with Gasteiger partial charge in [0, 0.05) is 0 Å². The second-order valence-corrected chi connectivity index (χ2v) is 11.9. The number of H-pyrrole nitrogens is 1. The fourth-order valence-corrected chi connectivity index (χ4v) is 6.02. The number of unbranched alkanes of at least 4 members (excludes halogenated alkanes) is 17. The Balaban J connectivity index is 1.74. The fraction of sp³-hybridized carbons (Fsp3) is 0.750. The maximum Gasteiger partial charge on any atom is 0.257 e. The van der Waals surface area contributed by atoms with Gasteiger partial charge in [-0.15, -0.1) is 0 Å². The van der Waals surface area contributed by atoms with Gasteiger partial charge in [0.1, 0.15) is 12.4 Å². The Morgan fingerprint density at radius 2 is 1.05 bits per heavy atom. The lowest BCUT2D eigenvalue weighted by Gasteiger charge is -2.14. The van der Waals surface area contributed by atoms with Crippen molar-refractivity contribution in [3.8, 4) is 0 Å². The van der Waals surface area contributed by atoms with E-state index in [4.69, 9.17) is 0 Å². The molecule has 2 rings (SSSR count). The van der Waals surface area contributed by atoms with Crippen molar-refractivity contribution in [1.82, 2.24) is 4.98 Å². The van der Waals surface area contributed by atoms with Crippen molar-refractivity contribution in [2.24, 2.45) is 0 Å². The molecular weight excluding hydrogens is 460 g/mol. The average Bonchev–Trinajstić information content (AvgIpc) is 3.41. The topological polar surface area (TPSA) is 19.7 Å². The van der Waals surface area contributed by atoms with E-state index in [2.05, 4.69) is 66.1 Å². The van der Waals surface area contributed by atoms with Crippen molar-refractivity contribution in [3.63, 3.8) is 0 Å². The molecule has 0 unspecified atom stereocenters. The first-order valence-electron chi connectivity index (χ1n) is 17.0.